The van der Waals surface area contributed by atoms with E-state index in [4.69, 9.17) is 0 Å². The second kappa shape index (κ2) is 8.31. The van der Waals surface area contributed by atoms with Crippen molar-refractivity contribution in [3.05, 3.63) is 75.3 Å². The molecule has 1 saturated carbocycles. The van der Waals surface area contributed by atoms with Crippen molar-refractivity contribution in [1.82, 2.24) is 4.57 Å². The maximum absolute atomic E-state index is 14.4. The third kappa shape index (κ3) is 4.20. The molecule has 0 saturated heterocycles. The predicted octanol–water partition coefficient (Wildman–Crippen LogP) is 3.93. The lowest BCUT2D eigenvalue weighted by Crippen LogP contribution is -2.24. The number of hydrogen-bond donors (Lipinski definition) is 4. The van der Waals surface area contributed by atoms with Gasteiger partial charge in [0.2, 0.25) is 0 Å². The van der Waals surface area contributed by atoms with Crippen molar-refractivity contribution in [2.45, 2.75) is 31.4 Å². The quantitative estimate of drug-likeness (QED) is 0.420. The van der Waals surface area contributed by atoms with Crippen LogP contribution in [0.15, 0.2) is 47.3 Å². The molecule has 2 aromatic carbocycles. The highest BCUT2D eigenvalue weighted by Crippen LogP contribution is 2.46. The lowest BCUT2D eigenvalue weighted by molar-refractivity contribution is 0.403. The molecule has 1 aromatic heterocycles. The number of aromatic hydroxyl groups is 2. The molecule has 1 aliphatic carbocycles. The van der Waals surface area contributed by atoms with Crippen LogP contribution in [0.1, 0.15) is 29.0 Å². The number of nitrogens with zero attached hydrogens (tertiary/aromatic N) is 1. The van der Waals surface area contributed by atoms with Gasteiger partial charge in [-0.2, -0.15) is 0 Å². The molecule has 32 heavy (non-hydrogen) atoms. The molecule has 0 radical (unpaired) electrons. The van der Waals surface area contributed by atoms with Gasteiger partial charge in [0.15, 0.2) is 11.5 Å². The van der Waals surface area contributed by atoms with E-state index < -0.39 is 16.8 Å². The predicted molar refractivity (Wildman–Crippen MR) is 124 cm³/mol. The minimum absolute atomic E-state index is 0.0329. The van der Waals surface area contributed by atoms with Gasteiger partial charge in [-0.3, -0.25) is 9.36 Å². The zero-order valence-corrected chi connectivity index (χ0v) is 18.7. The number of anilines is 3. The Labute approximate surface area is 187 Å². The fourth-order valence-electron chi connectivity index (χ4n) is 3.69. The van der Waals surface area contributed by atoms with Crippen molar-refractivity contribution in [2.24, 2.45) is 7.05 Å². The molecule has 3 unspecified atom stereocenters. The standard InChI is InChI=1S/C23H24FN3O4S/c1-12-4-6-17(16(24)8-12)25-22-18(9-13(2)23(30)27(22)3)26-32(31)21-11-15(21)14-5-7-19(28)20(29)10-14/h4-10,15,21,25-26,28-29H,11H2,1-3H3. The molecule has 1 heterocycles. The molecule has 0 amide bonds. The van der Waals surface area contributed by atoms with Crippen LogP contribution in [0.4, 0.5) is 21.6 Å². The number of nitrogens with one attached hydrogen (secondary N) is 2. The third-order valence-electron chi connectivity index (χ3n) is 5.62. The maximum atomic E-state index is 14.4. The number of phenolic OH excluding ortho intramolecular Hbond substituents is 2. The van der Waals surface area contributed by atoms with Gasteiger partial charge in [0.25, 0.3) is 5.56 Å². The number of halogens is 1. The molecule has 3 aromatic rings. The van der Waals surface area contributed by atoms with Crippen molar-refractivity contribution in [1.29, 1.82) is 0 Å². The van der Waals surface area contributed by atoms with Gasteiger partial charge < -0.3 is 20.3 Å². The summed E-state index contributed by atoms with van der Waals surface area (Å²) >= 11 is 0. The van der Waals surface area contributed by atoms with Gasteiger partial charge in [0.1, 0.15) is 22.6 Å². The first-order chi connectivity index (χ1) is 15.2. The van der Waals surface area contributed by atoms with Gasteiger partial charge >= 0.3 is 0 Å². The van der Waals surface area contributed by atoms with Gasteiger partial charge in [-0.15, -0.1) is 0 Å². The summed E-state index contributed by atoms with van der Waals surface area (Å²) in [6.07, 6.45) is 0.643. The Hall–Kier alpha value is -3.33. The molecule has 0 bridgehead atoms. The average molecular weight is 458 g/mol. The van der Waals surface area contributed by atoms with Crippen molar-refractivity contribution >= 4 is 28.2 Å². The Kier molecular flexibility index (Phi) is 5.68. The first-order valence-corrected chi connectivity index (χ1v) is 11.3. The van der Waals surface area contributed by atoms with E-state index in [9.17, 15) is 23.6 Å². The summed E-state index contributed by atoms with van der Waals surface area (Å²) in [5, 5.41) is 22.0. The Morgan fingerprint density at radius 3 is 2.50 bits per heavy atom. The first-order valence-electron chi connectivity index (χ1n) is 10.1. The smallest absolute Gasteiger partial charge is 0.254 e. The van der Waals surface area contributed by atoms with Crippen LogP contribution >= 0.6 is 0 Å². The molecule has 0 spiro atoms. The Morgan fingerprint density at radius 1 is 1.06 bits per heavy atom. The highest BCUT2D eigenvalue weighted by molar-refractivity contribution is 7.87. The fourth-order valence-corrected chi connectivity index (χ4v) is 5.05. The van der Waals surface area contributed by atoms with Gasteiger partial charge in [-0.25, -0.2) is 8.60 Å². The monoisotopic (exact) mass is 457 g/mol. The van der Waals surface area contributed by atoms with Crippen LogP contribution in [0.2, 0.25) is 0 Å². The molecule has 4 N–H and O–H groups in total. The number of phenols is 2. The molecular weight excluding hydrogens is 433 g/mol. The average Bonchev–Trinajstić information content (AvgIpc) is 3.54. The van der Waals surface area contributed by atoms with E-state index >= 15 is 0 Å². The number of aromatic nitrogens is 1. The first kappa shape index (κ1) is 21.9. The third-order valence-corrected chi connectivity index (χ3v) is 7.11. The van der Waals surface area contributed by atoms with Crippen molar-refractivity contribution < 1.29 is 18.8 Å². The fraction of sp³-hybridized carbons (Fsp3) is 0.261. The van der Waals surface area contributed by atoms with Crippen LogP contribution in [0, 0.1) is 19.7 Å². The van der Waals surface area contributed by atoms with Crippen LogP contribution in [0.25, 0.3) is 0 Å². The summed E-state index contributed by atoms with van der Waals surface area (Å²) < 4.78 is 31.8. The highest BCUT2D eigenvalue weighted by Gasteiger charge is 2.44. The Morgan fingerprint density at radius 2 is 1.81 bits per heavy atom. The summed E-state index contributed by atoms with van der Waals surface area (Å²) in [6, 6.07) is 10.9. The van der Waals surface area contributed by atoms with E-state index in [1.54, 1.807) is 45.2 Å². The van der Waals surface area contributed by atoms with E-state index in [0.717, 1.165) is 11.1 Å². The summed E-state index contributed by atoms with van der Waals surface area (Å²) in [4.78, 5) is 12.5. The highest BCUT2D eigenvalue weighted by atomic mass is 32.2. The summed E-state index contributed by atoms with van der Waals surface area (Å²) in [7, 11) is 0.0686. The lowest BCUT2D eigenvalue weighted by Gasteiger charge is -2.18. The Bertz CT molecular complexity index is 1290. The summed E-state index contributed by atoms with van der Waals surface area (Å²) in [6.45, 7) is 3.44. The van der Waals surface area contributed by atoms with Crippen molar-refractivity contribution in [2.75, 3.05) is 10.0 Å². The molecule has 4 rings (SSSR count). The SMILES string of the molecule is Cc1ccc(Nc2c(NS(=O)C3CC3c3ccc(O)c(O)c3)cc(C)c(=O)n2C)c(F)c1. The number of pyridine rings is 1. The van der Waals surface area contributed by atoms with Gasteiger partial charge in [-0.1, -0.05) is 12.1 Å². The topological polar surface area (TPSA) is 104 Å². The van der Waals surface area contributed by atoms with Crippen LogP contribution < -0.4 is 15.6 Å². The molecular formula is C23H24FN3O4S. The zero-order chi connectivity index (χ0) is 23.2. The molecule has 3 atom stereocenters. The number of hydrogen-bond acceptors (Lipinski definition) is 5. The minimum Gasteiger partial charge on any atom is -0.504 e. The van der Waals surface area contributed by atoms with Crippen molar-refractivity contribution in [3.8, 4) is 11.5 Å². The van der Waals surface area contributed by atoms with Gasteiger partial charge in [-0.05, 0) is 61.7 Å². The van der Waals surface area contributed by atoms with E-state index in [1.165, 1.54) is 22.8 Å². The van der Waals surface area contributed by atoms with Gasteiger partial charge in [0, 0.05) is 18.5 Å². The summed E-state index contributed by atoms with van der Waals surface area (Å²) in [5.74, 6) is -0.609. The maximum Gasteiger partial charge on any atom is 0.254 e. The van der Waals surface area contributed by atoms with Crippen LogP contribution in [0.5, 0.6) is 11.5 Å². The van der Waals surface area contributed by atoms with E-state index in [2.05, 4.69) is 10.0 Å². The van der Waals surface area contributed by atoms with Crippen molar-refractivity contribution in [3.63, 3.8) is 0 Å². The molecule has 1 aliphatic rings. The molecule has 0 aliphatic heterocycles. The Balaban J connectivity index is 1.60. The lowest BCUT2D eigenvalue weighted by atomic mass is 10.1. The second-order valence-electron chi connectivity index (χ2n) is 8.09. The van der Waals surface area contributed by atoms with E-state index in [1.807, 2.05) is 0 Å². The normalized spacial score (nSPS) is 18.2. The van der Waals surface area contributed by atoms with Gasteiger partial charge in [0.05, 0.1) is 16.6 Å². The number of rotatable bonds is 6. The second-order valence-corrected chi connectivity index (χ2v) is 9.49. The summed E-state index contributed by atoms with van der Waals surface area (Å²) in [5.41, 5.74) is 2.38. The van der Waals surface area contributed by atoms with Crippen LogP contribution in [-0.2, 0) is 18.0 Å². The largest absolute Gasteiger partial charge is 0.504 e. The molecule has 7 nitrogen and oxygen atoms in total. The molecule has 9 heteroatoms. The number of benzene rings is 2. The number of aryl methyl sites for hydroxylation is 2. The zero-order valence-electron chi connectivity index (χ0n) is 17.8. The molecule has 1 fully saturated rings. The van der Waals surface area contributed by atoms with Crippen LogP contribution in [-0.4, -0.2) is 24.2 Å². The van der Waals surface area contributed by atoms with E-state index in [0.29, 0.717) is 23.5 Å². The van der Waals surface area contributed by atoms with Crippen LogP contribution in [0.3, 0.4) is 0 Å². The minimum atomic E-state index is -1.50. The van der Waals surface area contributed by atoms with E-state index in [-0.39, 0.29) is 33.9 Å². The molecule has 168 valence electrons.